The van der Waals surface area contributed by atoms with E-state index in [1.54, 1.807) is 30.3 Å². The Labute approximate surface area is 199 Å². The summed E-state index contributed by atoms with van der Waals surface area (Å²) in [6, 6.07) is 21.7. The first kappa shape index (κ1) is 24.9. The molecule has 1 N–H and O–H groups in total. The van der Waals surface area contributed by atoms with Gasteiger partial charge in [-0.1, -0.05) is 42.5 Å². The van der Waals surface area contributed by atoms with Crippen LogP contribution in [0.5, 0.6) is 5.75 Å². The van der Waals surface area contributed by atoms with E-state index >= 15 is 0 Å². The van der Waals surface area contributed by atoms with Crippen molar-refractivity contribution in [1.82, 2.24) is 4.31 Å². The molecule has 0 aliphatic carbocycles. The maximum Gasteiger partial charge on any atom is 0.339 e. The van der Waals surface area contributed by atoms with Gasteiger partial charge in [0, 0.05) is 6.54 Å². The molecule has 0 aromatic heterocycles. The van der Waals surface area contributed by atoms with E-state index in [1.807, 2.05) is 30.3 Å². The van der Waals surface area contributed by atoms with E-state index in [9.17, 15) is 18.0 Å². The summed E-state index contributed by atoms with van der Waals surface area (Å²) in [4.78, 5) is 24.9. The second-order valence-corrected chi connectivity index (χ2v) is 9.27. The predicted octanol–water partition coefficient (Wildman–Crippen LogP) is 3.35. The van der Waals surface area contributed by atoms with Crippen LogP contribution >= 0.6 is 0 Å². The summed E-state index contributed by atoms with van der Waals surface area (Å²) in [5.41, 5.74) is 1.35. The number of hydrogen-bond donors (Lipinski definition) is 1. The zero-order chi connectivity index (χ0) is 24.6. The highest BCUT2D eigenvalue weighted by Crippen LogP contribution is 2.21. The van der Waals surface area contributed by atoms with E-state index in [0.717, 1.165) is 9.87 Å². The zero-order valence-electron chi connectivity index (χ0n) is 18.9. The van der Waals surface area contributed by atoms with Gasteiger partial charge in [-0.3, -0.25) is 4.79 Å². The van der Waals surface area contributed by atoms with Gasteiger partial charge >= 0.3 is 5.97 Å². The number of para-hydroxylation sites is 1. The maximum absolute atomic E-state index is 13.4. The average molecular weight is 483 g/mol. The van der Waals surface area contributed by atoms with E-state index in [2.05, 4.69) is 5.32 Å². The number of benzene rings is 3. The second kappa shape index (κ2) is 11.4. The summed E-state index contributed by atoms with van der Waals surface area (Å²) in [6.45, 7) is -0.346. The van der Waals surface area contributed by atoms with Gasteiger partial charge in [0.1, 0.15) is 5.75 Å². The number of carbonyl (C=O) groups excluding carboxylic acids is 2. The lowest BCUT2D eigenvalue weighted by Crippen LogP contribution is -2.39. The summed E-state index contributed by atoms with van der Waals surface area (Å²) in [7, 11) is -1.25. The Bertz CT molecular complexity index is 1230. The van der Waals surface area contributed by atoms with Crippen molar-refractivity contribution in [2.24, 2.45) is 0 Å². The average Bonchev–Trinajstić information content (AvgIpc) is 2.87. The molecule has 0 heterocycles. The van der Waals surface area contributed by atoms with Crippen molar-refractivity contribution in [1.29, 1.82) is 0 Å². The van der Waals surface area contributed by atoms with Crippen LogP contribution in [0.2, 0.25) is 0 Å². The van der Waals surface area contributed by atoms with Gasteiger partial charge in [-0.15, -0.1) is 0 Å². The first-order valence-electron chi connectivity index (χ1n) is 10.5. The fraction of sp³-hybridized carbons (Fsp3) is 0.200. The van der Waals surface area contributed by atoms with Crippen molar-refractivity contribution in [2.45, 2.75) is 11.3 Å². The molecule has 178 valence electrons. The van der Waals surface area contributed by atoms with Gasteiger partial charge in [0.15, 0.2) is 0 Å². The van der Waals surface area contributed by atoms with Crippen molar-refractivity contribution in [2.75, 3.05) is 32.6 Å². The summed E-state index contributed by atoms with van der Waals surface area (Å²) < 4.78 is 37.8. The molecule has 34 heavy (non-hydrogen) atoms. The molecule has 0 saturated carbocycles. The van der Waals surface area contributed by atoms with Crippen LogP contribution in [-0.4, -0.2) is 51.9 Å². The maximum atomic E-state index is 13.4. The SMILES string of the molecule is COC(=O)c1ccccc1NC(=O)CN(CCc1ccccc1)S(=O)(=O)c1ccc(OC)cc1. The number of sulfonamides is 1. The Morgan fingerprint density at radius 2 is 1.53 bits per heavy atom. The number of nitrogens with one attached hydrogen (secondary N) is 1. The lowest BCUT2D eigenvalue weighted by molar-refractivity contribution is -0.116. The molecule has 0 aliphatic rings. The number of ether oxygens (including phenoxy) is 2. The van der Waals surface area contributed by atoms with Crippen LogP contribution in [0, 0.1) is 0 Å². The topological polar surface area (TPSA) is 102 Å². The first-order chi connectivity index (χ1) is 16.3. The molecule has 0 radical (unpaired) electrons. The summed E-state index contributed by atoms with van der Waals surface area (Å²) in [5, 5.41) is 2.63. The quantitative estimate of drug-likeness (QED) is 0.445. The smallest absolute Gasteiger partial charge is 0.339 e. The molecule has 0 atom stereocenters. The minimum absolute atomic E-state index is 0.0455. The Morgan fingerprint density at radius 3 is 2.18 bits per heavy atom. The molecule has 9 heteroatoms. The van der Waals surface area contributed by atoms with Crippen molar-refractivity contribution >= 4 is 27.6 Å². The van der Waals surface area contributed by atoms with Gasteiger partial charge in [-0.2, -0.15) is 4.31 Å². The second-order valence-electron chi connectivity index (χ2n) is 7.34. The minimum atomic E-state index is -3.99. The van der Waals surface area contributed by atoms with E-state index in [1.165, 1.54) is 32.4 Å². The van der Waals surface area contributed by atoms with Gasteiger partial charge in [0.2, 0.25) is 15.9 Å². The minimum Gasteiger partial charge on any atom is -0.497 e. The van der Waals surface area contributed by atoms with Crippen LogP contribution in [-0.2, 0) is 26.0 Å². The van der Waals surface area contributed by atoms with Crippen LogP contribution in [0.4, 0.5) is 5.69 Å². The standard InChI is InChI=1S/C25H26N2O6S/c1-32-20-12-14-21(15-13-20)34(30,31)27(17-16-19-8-4-3-5-9-19)18-24(28)26-23-11-7-6-10-22(23)25(29)33-2/h3-15H,16-18H2,1-2H3,(H,26,28). The fourth-order valence-electron chi connectivity index (χ4n) is 3.31. The third-order valence-corrected chi connectivity index (χ3v) is 6.98. The Hall–Kier alpha value is -3.69. The fourth-order valence-corrected chi connectivity index (χ4v) is 4.71. The molecule has 0 spiro atoms. The van der Waals surface area contributed by atoms with Crippen LogP contribution in [0.3, 0.4) is 0 Å². The number of rotatable bonds is 10. The molecule has 0 saturated heterocycles. The number of carbonyl (C=O) groups is 2. The molecule has 1 amide bonds. The van der Waals surface area contributed by atoms with E-state index in [-0.39, 0.29) is 22.7 Å². The van der Waals surface area contributed by atoms with Gasteiger partial charge in [0.25, 0.3) is 0 Å². The molecule has 8 nitrogen and oxygen atoms in total. The van der Waals surface area contributed by atoms with E-state index in [0.29, 0.717) is 12.2 Å². The van der Waals surface area contributed by atoms with Gasteiger partial charge in [0.05, 0.1) is 36.9 Å². The molecule has 0 unspecified atom stereocenters. The Balaban J connectivity index is 1.84. The number of nitrogens with zero attached hydrogens (tertiary/aromatic N) is 1. The van der Waals surface area contributed by atoms with Crippen LogP contribution in [0.25, 0.3) is 0 Å². The normalized spacial score (nSPS) is 11.1. The predicted molar refractivity (Wildman–Crippen MR) is 128 cm³/mol. The van der Waals surface area contributed by atoms with Gasteiger partial charge in [-0.25, -0.2) is 13.2 Å². The third kappa shape index (κ3) is 6.21. The van der Waals surface area contributed by atoms with Crippen LogP contribution in [0.1, 0.15) is 15.9 Å². The largest absolute Gasteiger partial charge is 0.497 e. The molecule has 3 aromatic carbocycles. The molecule has 3 aromatic rings. The molecular weight excluding hydrogens is 456 g/mol. The van der Waals surface area contributed by atoms with Crippen LogP contribution in [0.15, 0.2) is 83.8 Å². The lowest BCUT2D eigenvalue weighted by atomic mass is 10.1. The van der Waals surface area contributed by atoms with Gasteiger partial charge in [-0.05, 0) is 48.4 Å². The number of esters is 1. The summed E-state index contributed by atoms with van der Waals surface area (Å²) >= 11 is 0. The van der Waals surface area contributed by atoms with Gasteiger partial charge < -0.3 is 14.8 Å². The monoisotopic (exact) mass is 482 g/mol. The van der Waals surface area contributed by atoms with Crippen LogP contribution < -0.4 is 10.1 Å². The highest BCUT2D eigenvalue weighted by molar-refractivity contribution is 7.89. The zero-order valence-corrected chi connectivity index (χ0v) is 19.7. The number of amides is 1. The molecule has 0 fully saturated rings. The highest BCUT2D eigenvalue weighted by atomic mass is 32.2. The third-order valence-electron chi connectivity index (χ3n) is 5.12. The number of anilines is 1. The molecule has 0 bridgehead atoms. The molecular formula is C25H26N2O6S. The van der Waals surface area contributed by atoms with Crippen molar-refractivity contribution < 1.29 is 27.5 Å². The molecule has 0 aliphatic heterocycles. The first-order valence-corrected chi connectivity index (χ1v) is 11.9. The Morgan fingerprint density at radius 1 is 0.882 bits per heavy atom. The van der Waals surface area contributed by atoms with E-state index in [4.69, 9.17) is 9.47 Å². The highest BCUT2D eigenvalue weighted by Gasteiger charge is 2.27. The Kier molecular flexibility index (Phi) is 8.39. The number of hydrogen-bond acceptors (Lipinski definition) is 6. The molecule has 3 rings (SSSR count). The van der Waals surface area contributed by atoms with Crippen molar-refractivity contribution in [3.63, 3.8) is 0 Å². The summed E-state index contributed by atoms with van der Waals surface area (Å²) in [5.74, 6) is -0.670. The van der Waals surface area contributed by atoms with Crippen molar-refractivity contribution in [3.05, 3.63) is 90.0 Å². The summed E-state index contributed by atoms with van der Waals surface area (Å²) in [6.07, 6.45) is 0.419. The number of methoxy groups -OCH3 is 2. The van der Waals surface area contributed by atoms with E-state index < -0.39 is 28.4 Å². The lowest BCUT2D eigenvalue weighted by Gasteiger charge is -2.22. The van der Waals surface area contributed by atoms with Crippen molar-refractivity contribution in [3.8, 4) is 5.75 Å².